The molecule has 1 N–H and O–H groups in total. The average molecular weight is 325 g/mol. The Hall–Kier alpha value is -3.02. The number of nitrogens with one attached hydrogen (secondary N) is 1. The highest BCUT2D eigenvalue weighted by molar-refractivity contribution is 5.92. The predicted octanol–water partition coefficient (Wildman–Crippen LogP) is 3.48. The molecule has 0 aliphatic carbocycles. The molecule has 5 nitrogen and oxygen atoms in total. The van der Waals surface area contributed by atoms with Gasteiger partial charge < -0.3 is 10.1 Å². The number of fused-ring (bicyclic) bond motifs is 1. The maximum atomic E-state index is 14.0. The van der Waals surface area contributed by atoms with Crippen LogP contribution in [0.25, 0.3) is 10.9 Å². The monoisotopic (exact) mass is 325 g/mol. The van der Waals surface area contributed by atoms with E-state index >= 15 is 0 Å². The normalized spacial score (nSPS) is 10.6. The number of carbonyl (C=O) groups excluding carboxylic acids is 1. The first-order valence-electron chi connectivity index (χ1n) is 7.41. The SMILES string of the molecule is COC(=O)c1ccc(F)c(CNc2ncnc3cccc(C)c23)c1. The molecule has 1 heterocycles. The topological polar surface area (TPSA) is 64.1 Å². The summed E-state index contributed by atoms with van der Waals surface area (Å²) in [7, 11) is 1.29. The van der Waals surface area contributed by atoms with Crippen molar-refractivity contribution in [3.63, 3.8) is 0 Å². The molecule has 0 radical (unpaired) electrons. The zero-order valence-electron chi connectivity index (χ0n) is 13.3. The van der Waals surface area contributed by atoms with Crippen LogP contribution in [0, 0.1) is 12.7 Å². The highest BCUT2D eigenvalue weighted by atomic mass is 19.1. The Morgan fingerprint density at radius 1 is 1.25 bits per heavy atom. The summed E-state index contributed by atoms with van der Waals surface area (Å²) >= 11 is 0. The number of ether oxygens (including phenoxy) is 1. The van der Waals surface area contributed by atoms with Crippen molar-refractivity contribution in [1.82, 2.24) is 9.97 Å². The zero-order valence-corrected chi connectivity index (χ0v) is 13.3. The fourth-order valence-corrected chi connectivity index (χ4v) is 2.55. The summed E-state index contributed by atoms with van der Waals surface area (Å²) in [5, 5.41) is 4.02. The first-order valence-corrected chi connectivity index (χ1v) is 7.41. The number of benzene rings is 2. The number of rotatable bonds is 4. The maximum Gasteiger partial charge on any atom is 0.337 e. The van der Waals surface area contributed by atoms with Gasteiger partial charge in [-0.1, -0.05) is 12.1 Å². The molecule has 0 unspecified atom stereocenters. The Morgan fingerprint density at radius 2 is 2.08 bits per heavy atom. The first-order chi connectivity index (χ1) is 11.6. The molecule has 0 atom stereocenters. The molecule has 0 amide bonds. The van der Waals surface area contributed by atoms with Crippen molar-refractivity contribution in [2.45, 2.75) is 13.5 Å². The van der Waals surface area contributed by atoms with E-state index < -0.39 is 11.8 Å². The molecule has 0 fully saturated rings. The predicted molar refractivity (Wildman–Crippen MR) is 89.3 cm³/mol. The first kappa shape index (κ1) is 15.9. The highest BCUT2D eigenvalue weighted by Gasteiger charge is 2.11. The van der Waals surface area contributed by atoms with E-state index in [-0.39, 0.29) is 6.54 Å². The summed E-state index contributed by atoms with van der Waals surface area (Å²) in [6.45, 7) is 2.16. The van der Waals surface area contributed by atoms with Crippen LogP contribution in [0.4, 0.5) is 10.2 Å². The number of nitrogens with zero attached hydrogens (tertiary/aromatic N) is 2. The third-order valence-corrected chi connectivity index (χ3v) is 3.78. The van der Waals surface area contributed by atoms with Gasteiger partial charge in [-0.05, 0) is 36.8 Å². The molecule has 0 saturated carbocycles. The van der Waals surface area contributed by atoms with Crippen LogP contribution in [0.3, 0.4) is 0 Å². The van der Waals surface area contributed by atoms with E-state index in [0.29, 0.717) is 16.9 Å². The van der Waals surface area contributed by atoms with Crippen molar-refractivity contribution < 1.29 is 13.9 Å². The summed E-state index contributed by atoms with van der Waals surface area (Å²) in [5.41, 5.74) is 2.51. The van der Waals surface area contributed by atoms with Crippen molar-refractivity contribution in [3.05, 3.63) is 65.2 Å². The number of aryl methyl sites for hydroxylation is 1. The Kier molecular flexibility index (Phi) is 4.37. The Labute approximate surface area is 138 Å². The van der Waals surface area contributed by atoms with Crippen LogP contribution in [0.1, 0.15) is 21.5 Å². The zero-order chi connectivity index (χ0) is 17.1. The fourth-order valence-electron chi connectivity index (χ4n) is 2.55. The largest absolute Gasteiger partial charge is 0.465 e. The van der Waals surface area contributed by atoms with Crippen LogP contribution in [-0.2, 0) is 11.3 Å². The number of halogens is 1. The Morgan fingerprint density at radius 3 is 2.88 bits per heavy atom. The minimum absolute atomic E-state index is 0.192. The van der Waals surface area contributed by atoms with Crippen LogP contribution in [0.2, 0.25) is 0 Å². The molecule has 3 aromatic rings. The second-order valence-electron chi connectivity index (χ2n) is 5.34. The van der Waals surface area contributed by atoms with E-state index in [4.69, 9.17) is 0 Å². The molecule has 6 heteroatoms. The molecule has 0 aliphatic rings. The van der Waals surface area contributed by atoms with E-state index in [1.807, 2.05) is 25.1 Å². The van der Waals surface area contributed by atoms with Gasteiger partial charge in [0.25, 0.3) is 0 Å². The minimum atomic E-state index is -0.500. The minimum Gasteiger partial charge on any atom is -0.465 e. The van der Waals surface area contributed by atoms with Gasteiger partial charge >= 0.3 is 5.97 Å². The number of carbonyl (C=O) groups is 1. The number of anilines is 1. The molecular formula is C18H16FN3O2. The third kappa shape index (κ3) is 3.03. The van der Waals surface area contributed by atoms with Crippen molar-refractivity contribution in [2.24, 2.45) is 0 Å². The number of aromatic nitrogens is 2. The number of methoxy groups -OCH3 is 1. The van der Waals surface area contributed by atoms with Crippen LogP contribution >= 0.6 is 0 Å². The molecule has 1 aromatic heterocycles. The molecule has 0 saturated heterocycles. The lowest BCUT2D eigenvalue weighted by Gasteiger charge is -2.11. The smallest absolute Gasteiger partial charge is 0.337 e. The molecule has 3 rings (SSSR count). The molecule has 0 spiro atoms. The maximum absolute atomic E-state index is 14.0. The summed E-state index contributed by atoms with van der Waals surface area (Å²) in [4.78, 5) is 20.1. The highest BCUT2D eigenvalue weighted by Crippen LogP contribution is 2.23. The van der Waals surface area contributed by atoms with E-state index in [9.17, 15) is 9.18 Å². The van der Waals surface area contributed by atoms with Gasteiger partial charge in [0.1, 0.15) is 18.0 Å². The van der Waals surface area contributed by atoms with Gasteiger partial charge in [0.15, 0.2) is 0 Å². The quantitative estimate of drug-likeness (QED) is 0.744. The van der Waals surface area contributed by atoms with E-state index in [2.05, 4.69) is 20.0 Å². The van der Waals surface area contributed by atoms with Crippen LogP contribution in [-0.4, -0.2) is 23.0 Å². The molecule has 122 valence electrons. The lowest BCUT2D eigenvalue weighted by atomic mass is 10.1. The summed E-state index contributed by atoms with van der Waals surface area (Å²) < 4.78 is 18.7. The van der Waals surface area contributed by atoms with Gasteiger partial charge in [-0.2, -0.15) is 0 Å². The van der Waals surface area contributed by atoms with Gasteiger partial charge in [-0.15, -0.1) is 0 Å². The molecule has 2 aromatic carbocycles. The third-order valence-electron chi connectivity index (χ3n) is 3.78. The lowest BCUT2D eigenvalue weighted by molar-refractivity contribution is 0.0600. The summed E-state index contributed by atoms with van der Waals surface area (Å²) in [5.74, 6) is -0.272. The van der Waals surface area contributed by atoms with Crippen molar-refractivity contribution in [1.29, 1.82) is 0 Å². The number of esters is 1. The van der Waals surface area contributed by atoms with Crippen LogP contribution < -0.4 is 5.32 Å². The van der Waals surface area contributed by atoms with Crippen LogP contribution in [0.15, 0.2) is 42.7 Å². The molecule has 0 aliphatic heterocycles. The second-order valence-corrected chi connectivity index (χ2v) is 5.34. The number of hydrogen-bond acceptors (Lipinski definition) is 5. The van der Waals surface area contributed by atoms with Crippen molar-refractivity contribution >= 4 is 22.7 Å². The molecular weight excluding hydrogens is 309 g/mol. The summed E-state index contributed by atoms with van der Waals surface area (Å²) in [6, 6.07) is 9.92. The Bertz CT molecular complexity index is 907. The molecule has 24 heavy (non-hydrogen) atoms. The van der Waals surface area contributed by atoms with Crippen molar-refractivity contribution in [3.8, 4) is 0 Å². The van der Waals surface area contributed by atoms with Crippen molar-refractivity contribution in [2.75, 3.05) is 12.4 Å². The number of hydrogen-bond donors (Lipinski definition) is 1. The van der Waals surface area contributed by atoms with Crippen LogP contribution in [0.5, 0.6) is 0 Å². The Balaban J connectivity index is 1.90. The van der Waals surface area contributed by atoms with Gasteiger partial charge in [0.2, 0.25) is 0 Å². The van der Waals surface area contributed by atoms with Gasteiger partial charge in [0.05, 0.1) is 18.2 Å². The van der Waals surface area contributed by atoms with Gasteiger partial charge in [-0.25, -0.2) is 19.2 Å². The van der Waals surface area contributed by atoms with Gasteiger partial charge in [0, 0.05) is 17.5 Å². The van der Waals surface area contributed by atoms with E-state index in [1.165, 1.54) is 31.6 Å². The van der Waals surface area contributed by atoms with E-state index in [1.54, 1.807) is 0 Å². The van der Waals surface area contributed by atoms with Gasteiger partial charge in [-0.3, -0.25) is 0 Å². The molecule has 0 bridgehead atoms. The summed E-state index contributed by atoms with van der Waals surface area (Å²) in [6.07, 6.45) is 1.46. The fraction of sp³-hybridized carbons (Fsp3) is 0.167. The average Bonchev–Trinajstić information content (AvgIpc) is 2.60. The van der Waals surface area contributed by atoms with E-state index in [0.717, 1.165) is 16.5 Å². The second kappa shape index (κ2) is 6.62. The lowest BCUT2D eigenvalue weighted by Crippen LogP contribution is -2.08. The standard InChI is InChI=1S/C18H16FN3O2/c1-11-4-3-5-15-16(11)17(22-10-21-15)20-9-13-8-12(18(23)24-2)6-7-14(13)19/h3-8,10H,9H2,1-2H3,(H,20,21,22).